The first-order chi connectivity index (χ1) is 7.99. The third-order valence-corrected chi connectivity index (χ3v) is 3.14. The van der Waals surface area contributed by atoms with Gasteiger partial charge in [0, 0.05) is 18.0 Å². The summed E-state index contributed by atoms with van der Waals surface area (Å²) in [4.78, 5) is 15.4. The van der Waals surface area contributed by atoms with Gasteiger partial charge in [0.05, 0.1) is 16.9 Å². The minimum Gasteiger partial charge on any atom is -0.478 e. The number of aromatic nitrogens is 2. The van der Waals surface area contributed by atoms with Gasteiger partial charge in [0.1, 0.15) is 5.65 Å². The van der Waals surface area contributed by atoms with Gasteiger partial charge >= 0.3 is 5.97 Å². The predicted molar refractivity (Wildman–Crippen MR) is 60.0 cm³/mol. The van der Waals surface area contributed by atoms with Gasteiger partial charge in [0.25, 0.3) is 0 Å². The number of fused-ring (bicyclic) bond motifs is 1. The van der Waals surface area contributed by atoms with Gasteiger partial charge in [-0.15, -0.1) is 0 Å². The van der Waals surface area contributed by atoms with Gasteiger partial charge in [-0.25, -0.2) is 9.78 Å². The standard InChI is InChI=1S/C12H12N2O3/c1-7-5-14-6-8(11(15)16)4-9(10(14)13-7)12(17)2-3-12/h4-6,17H,2-3H2,1H3,(H,15,16). The number of hydrogen-bond donors (Lipinski definition) is 2. The lowest BCUT2D eigenvalue weighted by Gasteiger charge is -2.10. The summed E-state index contributed by atoms with van der Waals surface area (Å²) in [5.74, 6) is -0.997. The van der Waals surface area contributed by atoms with Crippen LogP contribution in [0.2, 0.25) is 0 Å². The molecular formula is C12H12N2O3. The van der Waals surface area contributed by atoms with E-state index in [1.54, 1.807) is 10.6 Å². The molecule has 0 atom stereocenters. The Morgan fingerprint density at radius 1 is 1.47 bits per heavy atom. The van der Waals surface area contributed by atoms with Crippen molar-refractivity contribution in [2.24, 2.45) is 0 Å². The fourth-order valence-electron chi connectivity index (χ4n) is 2.07. The summed E-state index contributed by atoms with van der Waals surface area (Å²) in [5, 5.41) is 19.2. The molecule has 3 rings (SSSR count). The molecule has 0 amide bonds. The second kappa shape index (κ2) is 3.07. The fourth-order valence-corrected chi connectivity index (χ4v) is 2.07. The van der Waals surface area contributed by atoms with Crippen molar-refractivity contribution in [3.05, 3.63) is 35.3 Å². The van der Waals surface area contributed by atoms with Gasteiger partial charge in [0.2, 0.25) is 0 Å². The van der Waals surface area contributed by atoms with Crippen LogP contribution in [0.3, 0.4) is 0 Å². The van der Waals surface area contributed by atoms with Crippen molar-refractivity contribution in [3.8, 4) is 0 Å². The van der Waals surface area contributed by atoms with Gasteiger partial charge in [-0.2, -0.15) is 0 Å². The van der Waals surface area contributed by atoms with E-state index in [4.69, 9.17) is 5.11 Å². The molecule has 0 aromatic carbocycles. The van der Waals surface area contributed by atoms with E-state index < -0.39 is 11.6 Å². The molecule has 88 valence electrons. The number of carboxylic acids is 1. The molecule has 1 aliphatic rings. The monoisotopic (exact) mass is 232 g/mol. The molecule has 0 bridgehead atoms. The first-order valence-electron chi connectivity index (χ1n) is 5.45. The average molecular weight is 232 g/mol. The van der Waals surface area contributed by atoms with Crippen LogP contribution in [0.4, 0.5) is 0 Å². The minimum atomic E-state index is -0.997. The second-order valence-corrected chi connectivity index (χ2v) is 4.59. The van der Waals surface area contributed by atoms with Crippen LogP contribution in [-0.4, -0.2) is 25.6 Å². The van der Waals surface area contributed by atoms with Crippen molar-refractivity contribution < 1.29 is 15.0 Å². The molecule has 5 heteroatoms. The van der Waals surface area contributed by atoms with Crippen molar-refractivity contribution in [2.75, 3.05) is 0 Å². The summed E-state index contributed by atoms with van der Waals surface area (Å²) in [6.45, 7) is 1.84. The van der Waals surface area contributed by atoms with E-state index in [9.17, 15) is 9.90 Å². The summed E-state index contributed by atoms with van der Waals surface area (Å²) in [5.41, 5.74) is 1.35. The minimum absolute atomic E-state index is 0.172. The number of hydrogen-bond acceptors (Lipinski definition) is 3. The van der Waals surface area contributed by atoms with E-state index in [-0.39, 0.29) is 5.56 Å². The maximum absolute atomic E-state index is 11.0. The number of aromatic carboxylic acids is 1. The maximum atomic E-state index is 11.0. The van der Waals surface area contributed by atoms with E-state index in [0.29, 0.717) is 24.1 Å². The number of aliphatic hydroxyl groups is 1. The van der Waals surface area contributed by atoms with Crippen molar-refractivity contribution in [1.29, 1.82) is 0 Å². The fraction of sp³-hybridized carbons (Fsp3) is 0.333. The number of imidazole rings is 1. The summed E-state index contributed by atoms with van der Waals surface area (Å²) in [7, 11) is 0. The zero-order valence-corrected chi connectivity index (χ0v) is 9.34. The van der Waals surface area contributed by atoms with E-state index in [1.165, 1.54) is 12.3 Å². The summed E-state index contributed by atoms with van der Waals surface area (Å²) < 4.78 is 1.67. The van der Waals surface area contributed by atoms with E-state index in [0.717, 1.165) is 5.69 Å². The lowest BCUT2D eigenvalue weighted by molar-refractivity contribution is 0.0696. The van der Waals surface area contributed by atoms with Crippen LogP contribution < -0.4 is 0 Å². The molecule has 2 heterocycles. The highest BCUT2D eigenvalue weighted by Crippen LogP contribution is 2.46. The van der Waals surface area contributed by atoms with Crippen LogP contribution in [-0.2, 0) is 5.60 Å². The normalized spacial score (nSPS) is 17.3. The lowest BCUT2D eigenvalue weighted by Crippen LogP contribution is -2.10. The summed E-state index contributed by atoms with van der Waals surface area (Å²) in [6.07, 6.45) is 4.61. The number of aryl methyl sites for hydroxylation is 1. The molecule has 1 aliphatic carbocycles. The van der Waals surface area contributed by atoms with E-state index >= 15 is 0 Å². The molecule has 2 aromatic heterocycles. The van der Waals surface area contributed by atoms with E-state index in [1.807, 2.05) is 6.92 Å². The molecule has 0 aliphatic heterocycles. The van der Waals surface area contributed by atoms with Crippen molar-refractivity contribution in [1.82, 2.24) is 9.38 Å². The number of carbonyl (C=O) groups is 1. The first kappa shape index (κ1) is 10.3. The Balaban J connectivity index is 2.33. The highest BCUT2D eigenvalue weighted by atomic mass is 16.4. The Bertz CT molecular complexity index is 626. The third-order valence-electron chi connectivity index (χ3n) is 3.14. The number of nitrogens with zero attached hydrogens (tertiary/aromatic N) is 2. The van der Waals surface area contributed by atoms with Crippen molar-refractivity contribution in [3.63, 3.8) is 0 Å². The number of carboxylic acid groups (broad SMARTS) is 1. The van der Waals surface area contributed by atoms with Gasteiger partial charge in [-0.3, -0.25) is 0 Å². The van der Waals surface area contributed by atoms with Gasteiger partial charge in [-0.05, 0) is 25.8 Å². The molecule has 0 radical (unpaired) electrons. The van der Waals surface area contributed by atoms with Crippen LogP contribution in [0.25, 0.3) is 5.65 Å². The Labute approximate surface area is 97.3 Å². The Kier molecular flexibility index (Phi) is 1.86. The molecule has 0 unspecified atom stereocenters. The van der Waals surface area contributed by atoms with E-state index in [2.05, 4.69) is 4.98 Å². The predicted octanol–water partition coefficient (Wildman–Crippen LogP) is 1.32. The molecule has 1 saturated carbocycles. The smallest absolute Gasteiger partial charge is 0.337 e. The zero-order chi connectivity index (χ0) is 12.2. The van der Waals surface area contributed by atoms with Gasteiger partial charge in [0.15, 0.2) is 0 Å². The molecule has 0 spiro atoms. The Hall–Kier alpha value is -1.88. The second-order valence-electron chi connectivity index (χ2n) is 4.59. The Morgan fingerprint density at radius 3 is 2.76 bits per heavy atom. The molecule has 2 aromatic rings. The molecular weight excluding hydrogens is 220 g/mol. The topological polar surface area (TPSA) is 74.8 Å². The van der Waals surface area contributed by atoms with Crippen molar-refractivity contribution >= 4 is 11.6 Å². The quantitative estimate of drug-likeness (QED) is 0.818. The van der Waals surface area contributed by atoms with Gasteiger partial charge < -0.3 is 14.6 Å². The van der Waals surface area contributed by atoms with Gasteiger partial charge in [-0.1, -0.05) is 0 Å². The van der Waals surface area contributed by atoms with Crippen molar-refractivity contribution in [2.45, 2.75) is 25.4 Å². The molecule has 17 heavy (non-hydrogen) atoms. The van der Waals surface area contributed by atoms with Crippen LogP contribution in [0.5, 0.6) is 0 Å². The van der Waals surface area contributed by atoms with Crippen LogP contribution in [0, 0.1) is 6.92 Å². The SMILES string of the molecule is Cc1cn2cc(C(=O)O)cc(C3(O)CC3)c2n1. The highest BCUT2D eigenvalue weighted by molar-refractivity contribution is 5.88. The average Bonchev–Trinajstić information content (AvgIpc) is 2.89. The molecule has 1 fully saturated rings. The third kappa shape index (κ3) is 1.51. The Morgan fingerprint density at radius 2 is 2.18 bits per heavy atom. The molecule has 0 saturated heterocycles. The number of pyridine rings is 1. The highest BCUT2D eigenvalue weighted by Gasteiger charge is 2.44. The van der Waals surface area contributed by atoms with Crippen LogP contribution >= 0.6 is 0 Å². The first-order valence-corrected chi connectivity index (χ1v) is 5.45. The molecule has 2 N–H and O–H groups in total. The maximum Gasteiger partial charge on any atom is 0.337 e. The summed E-state index contributed by atoms with van der Waals surface area (Å²) in [6, 6.07) is 1.52. The zero-order valence-electron chi connectivity index (χ0n) is 9.34. The van der Waals surface area contributed by atoms with Crippen LogP contribution in [0.15, 0.2) is 18.5 Å². The molecule has 5 nitrogen and oxygen atoms in total. The number of rotatable bonds is 2. The largest absolute Gasteiger partial charge is 0.478 e. The lowest BCUT2D eigenvalue weighted by atomic mass is 10.1. The summed E-state index contributed by atoms with van der Waals surface area (Å²) >= 11 is 0. The van der Waals surface area contributed by atoms with Crippen LogP contribution in [0.1, 0.15) is 34.5 Å².